The van der Waals surface area contributed by atoms with Gasteiger partial charge in [0.15, 0.2) is 6.04 Å². The molecule has 0 radical (unpaired) electrons. The minimum Gasteiger partial charge on any atom is -0.479 e. The van der Waals surface area contributed by atoms with Crippen LogP contribution in [0.15, 0.2) is 77.7 Å². The van der Waals surface area contributed by atoms with Gasteiger partial charge in [-0.2, -0.15) is 13.2 Å². The lowest BCUT2D eigenvalue weighted by atomic mass is 9.83. The number of thioether (sulfide) groups is 1. The number of alkyl halides is 3. The van der Waals surface area contributed by atoms with Crippen LogP contribution in [-0.4, -0.2) is 82.5 Å². The lowest BCUT2D eigenvalue weighted by Gasteiger charge is -2.32. The number of carboxylic acid groups (broad SMARTS) is 2. The molecule has 12 nitrogen and oxygen atoms in total. The van der Waals surface area contributed by atoms with Crippen LogP contribution in [0.1, 0.15) is 33.9 Å². The van der Waals surface area contributed by atoms with Crippen molar-refractivity contribution >= 4 is 41.4 Å². The third-order valence-electron chi connectivity index (χ3n) is 7.39. The first-order valence-corrected chi connectivity index (χ1v) is 15.5. The number of benzene rings is 2. The molecule has 0 bridgehead atoms. The van der Waals surface area contributed by atoms with Crippen molar-refractivity contribution in [1.82, 2.24) is 10.2 Å². The van der Waals surface area contributed by atoms with Crippen molar-refractivity contribution in [2.75, 3.05) is 26.3 Å². The van der Waals surface area contributed by atoms with E-state index in [0.717, 1.165) is 16.9 Å². The van der Waals surface area contributed by atoms with E-state index in [1.54, 1.807) is 48.5 Å². The summed E-state index contributed by atoms with van der Waals surface area (Å²) in [7, 11) is 0. The number of ether oxygens (including phenoxy) is 1. The topological polar surface area (TPSA) is 202 Å². The van der Waals surface area contributed by atoms with Gasteiger partial charge in [0.1, 0.15) is 0 Å². The molecule has 16 heteroatoms. The number of nitrogens with two attached hydrogens (primary N) is 2. The van der Waals surface area contributed by atoms with Gasteiger partial charge in [-0.15, -0.1) is 11.8 Å². The lowest BCUT2D eigenvalue weighted by Crippen LogP contribution is -2.48. The Balaban J connectivity index is 0.000000218. The maximum Gasteiger partial charge on any atom is 0.490 e. The molecule has 3 unspecified atom stereocenters. The molecule has 0 aromatic heterocycles. The fraction of sp³-hybridized carbons (Fsp3) is 0.344. The van der Waals surface area contributed by atoms with Crippen LogP contribution in [-0.2, 0) is 30.5 Å². The first-order valence-electron chi connectivity index (χ1n) is 14.6. The summed E-state index contributed by atoms with van der Waals surface area (Å²) in [6.45, 7) is 2.67. The smallest absolute Gasteiger partial charge is 0.479 e. The Morgan fingerprint density at radius 1 is 1.02 bits per heavy atom. The number of aliphatic carboxylic acids is 2. The number of carbonyl (C=O) groups excluding carboxylic acids is 3. The van der Waals surface area contributed by atoms with Crippen molar-refractivity contribution in [3.8, 4) is 0 Å². The molecule has 48 heavy (non-hydrogen) atoms. The molecule has 1 aliphatic carbocycles. The van der Waals surface area contributed by atoms with E-state index in [1.807, 2.05) is 23.1 Å². The molecule has 2 fully saturated rings. The molecule has 3 aliphatic rings. The highest BCUT2D eigenvalue weighted by atomic mass is 32.2. The zero-order valence-electron chi connectivity index (χ0n) is 25.5. The van der Waals surface area contributed by atoms with Crippen molar-refractivity contribution < 1.29 is 52.1 Å². The molecule has 2 aliphatic heterocycles. The molecule has 258 valence electrons. The van der Waals surface area contributed by atoms with Gasteiger partial charge in [0.2, 0.25) is 11.8 Å². The molecule has 2 aromatic rings. The summed E-state index contributed by atoms with van der Waals surface area (Å²) in [5, 5.41) is 18.5. The Bertz CT molecular complexity index is 1530. The quantitative estimate of drug-likeness (QED) is 0.287. The van der Waals surface area contributed by atoms with Crippen LogP contribution in [0.4, 0.5) is 13.2 Å². The Kier molecular flexibility index (Phi) is 13.8. The number of hydrogen-bond donors (Lipinski definition) is 5. The number of nitrogens with zero attached hydrogens (tertiary/aromatic N) is 1. The van der Waals surface area contributed by atoms with Crippen LogP contribution in [0.3, 0.4) is 0 Å². The molecule has 0 saturated carbocycles. The van der Waals surface area contributed by atoms with E-state index in [2.05, 4.69) is 11.4 Å². The number of halogens is 3. The summed E-state index contributed by atoms with van der Waals surface area (Å²) in [5.74, 6) is -4.87. The summed E-state index contributed by atoms with van der Waals surface area (Å²) < 4.78 is 37.0. The Morgan fingerprint density at radius 3 is 2.23 bits per heavy atom. The highest BCUT2D eigenvalue weighted by molar-refractivity contribution is 8.04. The van der Waals surface area contributed by atoms with Crippen molar-refractivity contribution in [2.24, 2.45) is 23.3 Å². The van der Waals surface area contributed by atoms with Crippen LogP contribution in [0.5, 0.6) is 0 Å². The van der Waals surface area contributed by atoms with Gasteiger partial charge in [-0.25, -0.2) is 9.59 Å². The van der Waals surface area contributed by atoms with Gasteiger partial charge < -0.3 is 36.6 Å². The van der Waals surface area contributed by atoms with Crippen molar-refractivity contribution in [3.63, 3.8) is 0 Å². The van der Waals surface area contributed by atoms with Gasteiger partial charge in [-0.1, -0.05) is 60.7 Å². The number of amides is 3. The largest absolute Gasteiger partial charge is 0.490 e. The molecule has 5 rings (SSSR count). The number of allylic oxidation sites excluding steroid dienone is 4. The van der Waals surface area contributed by atoms with E-state index in [4.69, 9.17) is 26.1 Å². The van der Waals surface area contributed by atoms with E-state index in [9.17, 15) is 37.5 Å². The summed E-state index contributed by atoms with van der Waals surface area (Å²) in [6, 6.07) is 14.3. The zero-order chi connectivity index (χ0) is 35.4. The third kappa shape index (κ3) is 10.4. The second-order valence-electron chi connectivity index (χ2n) is 10.6. The van der Waals surface area contributed by atoms with Gasteiger partial charge in [-0.05, 0) is 34.6 Å². The molecule has 0 spiro atoms. The number of rotatable bonds is 7. The number of carbonyl (C=O) groups is 5. The predicted octanol–water partition coefficient (Wildman–Crippen LogP) is 2.86. The van der Waals surface area contributed by atoms with Crippen molar-refractivity contribution in [3.05, 3.63) is 94.4 Å². The Hall–Kier alpha value is -4.67. The highest BCUT2D eigenvalue weighted by Crippen LogP contribution is 2.49. The maximum atomic E-state index is 12.8. The summed E-state index contributed by atoms with van der Waals surface area (Å²) in [5.41, 5.74) is 12.8. The van der Waals surface area contributed by atoms with Gasteiger partial charge >= 0.3 is 18.1 Å². The minimum atomic E-state index is -5.08. The van der Waals surface area contributed by atoms with E-state index >= 15 is 0 Å². The van der Waals surface area contributed by atoms with Gasteiger partial charge in [0, 0.05) is 31.1 Å². The molecule has 2 aromatic carbocycles. The molecule has 2 saturated heterocycles. The van der Waals surface area contributed by atoms with Crippen LogP contribution < -0.4 is 16.8 Å². The number of hydrogen-bond acceptors (Lipinski definition) is 8. The molecule has 4 atom stereocenters. The SMILES string of the molecule is NC(=O)C1SC2=CC=CCC2C1C(=O)N1CCOCC1.NCc1cccc(C(=O)N[C@@H](C(=O)O)c2ccccc2)c1.O=C(O)C(F)(F)F. The Morgan fingerprint density at radius 2 is 1.67 bits per heavy atom. The van der Waals surface area contributed by atoms with Crippen LogP contribution >= 0.6 is 11.8 Å². The first-order chi connectivity index (χ1) is 22.7. The first kappa shape index (κ1) is 37.8. The van der Waals surface area contributed by atoms with E-state index in [1.165, 1.54) is 11.8 Å². The van der Waals surface area contributed by atoms with E-state index in [0.29, 0.717) is 44.0 Å². The molecule has 7 N–H and O–H groups in total. The van der Waals surface area contributed by atoms with E-state index in [-0.39, 0.29) is 17.7 Å². The number of carboxylic acids is 2. The predicted molar refractivity (Wildman–Crippen MR) is 169 cm³/mol. The molecule has 3 amide bonds. The number of primary amides is 1. The average molecular weight is 693 g/mol. The fourth-order valence-electron chi connectivity index (χ4n) is 5.03. The van der Waals surface area contributed by atoms with Gasteiger partial charge in [-0.3, -0.25) is 14.4 Å². The number of nitrogens with one attached hydrogen (secondary N) is 1. The summed E-state index contributed by atoms with van der Waals surface area (Å²) in [4.78, 5) is 59.8. The van der Waals surface area contributed by atoms with Gasteiger partial charge in [0.05, 0.1) is 24.4 Å². The van der Waals surface area contributed by atoms with Crippen molar-refractivity contribution in [2.45, 2.75) is 30.4 Å². The highest BCUT2D eigenvalue weighted by Gasteiger charge is 2.48. The number of fused-ring (bicyclic) bond motifs is 1. The molecular formula is C32H35F3N4O8S. The standard InChI is InChI=1S/C16H16N2O3.C14H18N2O3S.C2HF3O2/c17-10-11-5-4-8-13(9-11)15(19)18-14(16(20)21)12-6-2-1-3-7-12;15-13(17)12-11(9-3-1-2-4-10(9)20-12)14(18)16-5-7-19-8-6-16;3-2(4,5)1(6)7/h1-9,14H,10,17H2,(H,18,19)(H,20,21);1-2,4,9,11-12H,3,5-8H2,(H2,15,17);(H,6,7)/t14-;;/m1../s1. The summed E-state index contributed by atoms with van der Waals surface area (Å²) >= 11 is 1.46. The third-order valence-corrected chi connectivity index (χ3v) is 8.88. The van der Waals surface area contributed by atoms with Crippen molar-refractivity contribution in [1.29, 1.82) is 0 Å². The van der Waals surface area contributed by atoms with Gasteiger partial charge in [0.25, 0.3) is 5.91 Å². The fourth-order valence-corrected chi connectivity index (χ4v) is 6.46. The van der Waals surface area contributed by atoms with E-state index < -0.39 is 41.2 Å². The minimum absolute atomic E-state index is 0.0494. The summed E-state index contributed by atoms with van der Waals surface area (Å²) in [6.07, 6.45) is 1.76. The monoisotopic (exact) mass is 692 g/mol. The normalized spacial score (nSPS) is 20.4. The van der Waals surface area contributed by atoms with Crippen LogP contribution in [0, 0.1) is 11.8 Å². The van der Waals surface area contributed by atoms with Crippen LogP contribution in [0.2, 0.25) is 0 Å². The van der Waals surface area contributed by atoms with Crippen LogP contribution in [0.25, 0.3) is 0 Å². The average Bonchev–Trinajstić information content (AvgIpc) is 3.48. The Labute approximate surface area is 278 Å². The molecule has 2 heterocycles. The number of morpholine rings is 1. The molecular weight excluding hydrogens is 657 g/mol. The maximum absolute atomic E-state index is 12.8. The lowest BCUT2D eigenvalue weighted by molar-refractivity contribution is -0.192. The second kappa shape index (κ2) is 17.5. The second-order valence-corrected chi connectivity index (χ2v) is 11.8. The zero-order valence-corrected chi connectivity index (χ0v) is 26.3.